The first-order valence-corrected chi connectivity index (χ1v) is 10.7. The van der Waals surface area contributed by atoms with Gasteiger partial charge in [-0.05, 0) is 56.3 Å². The molecule has 0 N–H and O–H groups in total. The summed E-state index contributed by atoms with van der Waals surface area (Å²) in [4.78, 5) is 0. The van der Waals surface area contributed by atoms with Crippen molar-refractivity contribution in [3.05, 3.63) is 12.8 Å². The minimum atomic E-state index is -6.54. The van der Waals surface area contributed by atoms with E-state index in [9.17, 15) is 35.3 Å². The van der Waals surface area contributed by atoms with Crippen molar-refractivity contribution in [3.8, 4) is 0 Å². The van der Waals surface area contributed by atoms with E-state index >= 15 is 0 Å². The van der Waals surface area contributed by atoms with Gasteiger partial charge < -0.3 is 14.4 Å². The Kier molecular flexibility index (Phi) is 4.21. The lowest BCUT2D eigenvalue weighted by molar-refractivity contribution is -0.251. The fourth-order valence-electron chi connectivity index (χ4n) is 5.13. The molecular weight excluding hydrogens is 396 g/mol. The molecule has 0 aromatic rings. The predicted molar refractivity (Wildman–Crippen MR) is 82.1 cm³/mol. The average molecular weight is 413 g/mol. The average Bonchev–Trinajstić information content (AvgIpc) is 2.43. The van der Waals surface area contributed by atoms with E-state index in [1.807, 2.05) is 0 Å². The Morgan fingerprint density at radius 3 is 2.19 bits per heavy atom. The zero-order valence-corrected chi connectivity index (χ0v) is 15.2. The fraction of sp³-hybridized carbons (Fsp3) is 0.786. The van der Waals surface area contributed by atoms with E-state index in [4.69, 9.17) is 4.74 Å². The third-order valence-corrected chi connectivity index (χ3v) is 8.42. The molecule has 0 amide bonds. The SMILES string of the molecule is C=COC12CC3CC(C1)CC(/C([O-])=N/S(=O)(=O)C(F)(F)S(=O)(=O)[O-])(C3)C2. The first-order valence-electron chi connectivity index (χ1n) is 7.90. The number of ether oxygens (including phenoxy) is 1. The van der Waals surface area contributed by atoms with E-state index in [0.717, 1.165) is 6.42 Å². The molecule has 4 fully saturated rings. The van der Waals surface area contributed by atoms with Crippen molar-refractivity contribution in [1.82, 2.24) is 0 Å². The van der Waals surface area contributed by atoms with E-state index in [0.29, 0.717) is 12.8 Å². The van der Waals surface area contributed by atoms with Gasteiger partial charge in [-0.2, -0.15) is 21.6 Å². The summed E-state index contributed by atoms with van der Waals surface area (Å²) in [5.41, 5.74) is -2.04. The smallest absolute Gasteiger partial charge is 0.454 e. The van der Waals surface area contributed by atoms with Crippen LogP contribution in [0.25, 0.3) is 0 Å². The Bertz CT molecular complexity index is 852. The molecule has 0 radical (unpaired) electrons. The van der Waals surface area contributed by atoms with Gasteiger partial charge in [0.2, 0.25) is 0 Å². The molecule has 4 aliphatic rings. The maximum atomic E-state index is 13.5. The van der Waals surface area contributed by atoms with E-state index in [2.05, 4.69) is 11.0 Å². The Labute approximate surface area is 149 Å². The van der Waals surface area contributed by atoms with E-state index in [1.54, 1.807) is 0 Å². The van der Waals surface area contributed by atoms with Gasteiger partial charge >= 0.3 is 14.6 Å². The van der Waals surface area contributed by atoms with Crippen LogP contribution in [0.2, 0.25) is 0 Å². The van der Waals surface area contributed by atoms with Crippen LogP contribution in [0.4, 0.5) is 8.78 Å². The Morgan fingerprint density at radius 1 is 1.19 bits per heavy atom. The molecule has 2 unspecified atom stereocenters. The molecule has 0 heterocycles. The summed E-state index contributed by atoms with van der Waals surface area (Å²) in [5, 5.41) is 12.6. The molecule has 4 aliphatic carbocycles. The molecule has 0 aliphatic heterocycles. The number of hydrogen-bond donors (Lipinski definition) is 0. The van der Waals surface area contributed by atoms with Gasteiger partial charge in [-0.3, -0.25) is 0 Å². The van der Waals surface area contributed by atoms with Gasteiger partial charge in [-0.1, -0.05) is 6.58 Å². The van der Waals surface area contributed by atoms with Crippen LogP contribution >= 0.6 is 0 Å². The van der Waals surface area contributed by atoms with Crippen molar-refractivity contribution in [2.45, 2.75) is 48.7 Å². The Hall–Kier alpha value is -1.27. The summed E-state index contributed by atoms with van der Waals surface area (Å²) in [7, 11) is -12.7. The van der Waals surface area contributed by atoms with Crippen LogP contribution in [0, 0.1) is 17.3 Å². The van der Waals surface area contributed by atoms with Crippen molar-refractivity contribution in [3.63, 3.8) is 0 Å². The van der Waals surface area contributed by atoms with Gasteiger partial charge in [0.15, 0.2) is 10.1 Å². The third-order valence-electron chi connectivity index (χ3n) is 5.59. The molecule has 2 atom stereocenters. The van der Waals surface area contributed by atoms with E-state index in [1.165, 1.54) is 6.26 Å². The van der Waals surface area contributed by atoms with Crippen molar-refractivity contribution in [2.75, 3.05) is 0 Å². The van der Waals surface area contributed by atoms with Crippen LogP contribution < -0.4 is 5.11 Å². The summed E-state index contributed by atoms with van der Waals surface area (Å²) in [6.07, 6.45) is 3.95. The highest BCUT2D eigenvalue weighted by Gasteiger charge is 2.60. The van der Waals surface area contributed by atoms with Gasteiger partial charge in [-0.15, -0.1) is 0 Å². The first kappa shape index (κ1) is 19.5. The van der Waals surface area contributed by atoms with Crippen LogP contribution in [-0.4, -0.2) is 37.5 Å². The zero-order valence-electron chi connectivity index (χ0n) is 13.6. The molecule has 26 heavy (non-hydrogen) atoms. The molecular formula is C14H17F2NO7S2-2. The summed E-state index contributed by atoms with van der Waals surface area (Å²) < 4.78 is 84.4. The highest BCUT2D eigenvalue weighted by molar-refractivity contribution is 8.06. The molecule has 12 heteroatoms. The maximum absolute atomic E-state index is 13.5. The number of hydrogen-bond acceptors (Lipinski definition) is 7. The molecule has 4 rings (SSSR count). The number of alkyl halides is 2. The topological polar surface area (TPSA) is 136 Å². The fourth-order valence-corrected chi connectivity index (χ4v) is 6.79. The van der Waals surface area contributed by atoms with E-state index < -0.39 is 41.6 Å². The van der Waals surface area contributed by atoms with Crippen molar-refractivity contribution in [1.29, 1.82) is 0 Å². The van der Waals surface area contributed by atoms with Crippen LogP contribution in [0.5, 0.6) is 0 Å². The normalized spacial score (nSPS) is 37.6. The second-order valence-corrected chi connectivity index (χ2v) is 10.8. The van der Waals surface area contributed by atoms with Crippen molar-refractivity contribution in [2.24, 2.45) is 21.6 Å². The first-order chi connectivity index (χ1) is 11.8. The minimum absolute atomic E-state index is 0.0433. The lowest BCUT2D eigenvalue weighted by Gasteiger charge is -2.62. The molecule has 4 saturated carbocycles. The lowest BCUT2D eigenvalue weighted by Crippen LogP contribution is -2.61. The monoisotopic (exact) mass is 413 g/mol. The second-order valence-electron chi connectivity index (χ2n) is 7.50. The number of nitrogens with zero attached hydrogens (tertiary/aromatic N) is 1. The summed E-state index contributed by atoms with van der Waals surface area (Å²) in [5.74, 6) is -1.25. The van der Waals surface area contributed by atoms with Gasteiger partial charge in [0.05, 0.1) is 6.26 Å². The zero-order chi connectivity index (χ0) is 19.6. The molecule has 148 valence electrons. The molecule has 0 saturated heterocycles. The number of sulfonamides is 1. The predicted octanol–water partition coefficient (Wildman–Crippen LogP) is 0.670. The highest BCUT2D eigenvalue weighted by atomic mass is 32.3. The number of halogens is 2. The maximum Gasteiger partial charge on any atom is 0.454 e. The highest BCUT2D eigenvalue weighted by Crippen LogP contribution is 2.63. The Morgan fingerprint density at radius 2 is 1.73 bits per heavy atom. The standard InChI is InChI=1S/C14H19F2NO7S2/c1-2-24-13-6-9-3-10(7-13)5-12(4-9,8-13)11(18)17-25(19,20)14(15,16)26(21,22)23/h2,9-10H,1,3-8H2,(H,17,18)(H,21,22,23)/p-2. The largest absolute Gasteiger partial charge is 0.861 e. The van der Waals surface area contributed by atoms with E-state index in [-0.39, 0.29) is 31.1 Å². The number of rotatable bonds is 6. The van der Waals surface area contributed by atoms with Gasteiger partial charge in [-0.25, -0.2) is 8.42 Å². The summed E-state index contributed by atoms with van der Waals surface area (Å²) >= 11 is 0. The minimum Gasteiger partial charge on any atom is -0.861 e. The molecule has 4 bridgehead atoms. The quantitative estimate of drug-likeness (QED) is 0.270. The van der Waals surface area contributed by atoms with Gasteiger partial charge in [0.1, 0.15) is 5.60 Å². The summed E-state index contributed by atoms with van der Waals surface area (Å²) in [6.45, 7) is 3.50. The van der Waals surface area contributed by atoms with Gasteiger partial charge in [0, 0.05) is 5.41 Å². The molecule has 0 aromatic carbocycles. The molecule has 8 nitrogen and oxygen atoms in total. The van der Waals surface area contributed by atoms with Crippen LogP contribution in [0.3, 0.4) is 0 Å². The van der Waals surface area contributed by atoms with Crippen LogP contribution in [-0.2, 0) is 24.9 Å². The van der Waals surface area contributed by atoms with Gasteiger partial charge in [0.25, 0.3) is 0 Å². The lowest BCUT2D eigenvalue weighted by atomic mass is 9.48. The molecule has 0 aromatic heterocycles. The Balaban J connectivity index is 2.01. The van der Waals surface area contributed by atoms with Crippen LogP contribution in [0.1, 0.15) is 38.5 Å². The van der Waals surface area contributed by atoms with Crippen molar-refractivity contribution >= 4 is 26.0 Å². The molecule has 0 spiro atoms. The summed E-state index contributed by atoms with van der Waals surface area (Å²) in [6, 6.07) is 0. The third kappa shape index (κ3) is 2.82. The van der Waals surface area contributed by atoms with Crippen molar-refractivity contribution < 1.29 is 40.0 Å². The second kappa shape index (κ2) is 5.61. The van der Waals surface area contributed by atoms with Crippen LogP contribution in [0.15, 0.2) is 17.2 Å².